The number of aromatic nitrogens is 2. The van der Waals surface area contributed by atoms with Crippen molar-refractivity contribution in [2.24, 2.45) is 0 Å². The Labute approximate surface area is 159 Å². The van der Waals surface area contributed by atoms with Gasteiger partial charge in [-0.15, -0.1) is 0 Å². The number of halogens is 1. The molecule has 0 spiro atoms. The lowest BCUT2D eigenvalue weighted by atomic mass is 9.93. The van der Waals surface area contributed by atoms with Gasteiger partial charge in [-0.05, 0) is 54.8 Å². The number of hydrogen-bond acceptors (Lipinski definition) is 3. The molecule has 1 aliphatic heterocycles. The van der Waals surface area contributed by atoms with Gasteiger partial charge in [0.25, 0.3) is 0 Å². The van der Waals surface area contributed by atoms with Crippen LogP contribution in [0.1, 0.15) is 41.3 Å². The second-order valence-electron chi connectivity index (χ2n) is 7.26. The lowest BCUT2D eigenvalue weighted by Crippen LogP contribution is -2.34. The molecular formula is C23H24FN3. The normalized spacial score (nSPS) is 17.7. The van der Waals surface area contributed by atoms with Crippen LogP contribution in [0.15, 0.2) is 67.0 Å². The Morgan fingerprint density at radius 3 is 2.81 bits per heavy atom. The quantitative estimate of drug-likeness (QED) is 0.666. The van der Waals surface area contributed by atoms with Gasteiger partial charge in [0.1, 0.15) is 5.82 Å². The molecule has 27 heavy (non-hydrogen) atoms. The molecule has 0 unspecified atom stereocenters. The van der Waals surface area contributed by atoms with E-state index in [4.69, 9.17) is 4.98 Å². The molecule has 1 saturated heterocycles. The Morgan fingerprint density at radius 2 is 1.96 bits per heavy atom. The predicted octanol–water partition coefficient (Wildman–Crippen LogP) is 4.59. The van der Waals surface area contributed by atoms with E-state index in [-0.39, 0.29) is 5.82 Å². The summed E-state index contributed by atoms with van der Waals surface area (Å²) in [7, 11) is 0. The first-order valence-corrected chi connectivity index (χ1v) is 9.58. The predicted molar refractivity (Wildman–Crippen MR) is 105 cm³/mol. The molecule has 1 aliphatic rings. The first-order valence-electron chi connectivity index (χ1n) is 9.58. The van der Waals surface area contributed by atoms with Crippen LogP contribution in [0, 0.1) is 5.82 Å². The molecule has 4 rings (SSSR count). The van der Waals surface area contributed by atoms with Crippen molar-refractivity contribution in [3.05, 3.63) is 95.3 Å². The van der Waals surface area contributed by atoms with Crippen LogP contribution in [0.4, 0.5) is 4.39 Å². The van der Waals surface area contributed by atoms with E-state index in [0.717, 1.165) is 37.4 Å². The van der Waals surface area contributed by atoms with Gasteiger partial charge >= 0.3 is 0 Å². The van der Waals surface area contributed by atoms with Gasteiger partial charge in [0.2, 0.25) is 0 Å². The first-order chi connectivity index (χ1) is 13.3. The minimum atomic E-state index is -0.162. The molecule has 3 heterocycles. The van der Waals surface area contributed by atoms with E-state index >= 15 is 0 Å². The van der Waals surface area contributed by atoms with Crippen molar-refractivity contribution >= 4 is 0 Å². The third-order valence-corrected chi connectivity index (χ3v) is 5.21. The Hall–Kier alpha value is -2.59. The molecule has 0 saturated carbocycles. The van der Waals surface area contributed by atoms with Crippen LogP contribution < -0.4 is 0 Å². The van der Waals surface area contributed by atoms with Crippen molar-refractivity contribution in [2.45, 2.75) is 31.7 Å². The van der Waals surface area contributed by atoms with E-state index in [1.54, 1.807) is 6.07 Å². The maximum atomic E-state index is 13.9. The highest BCUT2D eigenvalue weighted by molar-refractivity contribution is 5.25. The molecule has 138 valence electrons. The van der Waals surface area contributed by atoms with E-state index in [9.17, 15) is 4.39 Å². The van der Waals surface area contributed by atoms with E-state index in [1.807, 2.05) is 36.7 Å². The van der Waals surface area contributed by atoms with Crippen molar-refractivity contribution in [1.82, 2.24) is 14.9 Å². The van der Waals surface area contributed by atoms with Gasteiger partial charge in [0.15, 0.2) is 0 Å². The summed E-state index contributed by atoms with van der Waals surface area (Å²) >= 11 is 0. The summed E-state index contributed by atoms with van der Waals surface area (Å²) in [4.78, 5) is 11.6. The standard InChI is InChI=1S/C23H24FN3/c24-22-10-2-1-7-19(22)14-21-9-3-11-23(26-21)20-8-5-13-27(17-20)16-18-6-4-12-25-15-18/h1-4,6-7,9-12,15,20H,5,8,13-14,16-17H2/t20-/m1/s1. The number of benzene rings is 1. The third-order valence-electron chi connectivity index (χ3n) is 5.21. The van der Waals surface area contributed by atoms with E-state index in [2.05, 4.69) is 28.1 Å². The number of nitrogens with zero attached hydrogens (tertiary/aromatic N) is 3. The summed E-state index contributed by atoms with van der Waals surface area (Å²) in [6.45, 7) is 3.05. The molecule has 3 aromatic rings. The first kappa shape index (κ1) is 17.8. The average Bonchev–Trinajstić information content (AvgIpc) is 2.71. The Bertz CT molecular complexity index is 882. The van der Waals surface area contributed by atoms with Crippen LogP contribution in [-0.4, -0.2) is 28.0 Å². The molecule has 1 fully saturated rings. The van der Waals surface area contributed by atoms with Gasteiger partial charge in [-0.1, -0.05) is 30.3 Å². The van der Waals surface area contributed by atoms with Crippen LogP contribution >= 0.6 is 0 Å². The number of hydrogen-bond donors (Lipinski definition) is 0. The van der Waals surface area contributed by atoms with Crippen LogP contribution in [0.25, 0.3) is 0 Å². The Balaban J connectivity index is 1.45. The minimum absolute atomic E-state index is 0.162. The fourth-order valence-electron chi connectivity index (χ4n) is 3.85. The van der Waals surface area contributed by atoms with Crippen molar-refractivity contribution < 1.29 is 4.39 Å². The van der Waals surface area contributed by atoms with Gasteiger partial charge in [0.05, 0.1) is 0 Å². The topological polar surface area (TPSA) is 29.0 Å². The second kappa shape index (κ2) is 8.40. The van der Waals surface area contributed by atoms with Crippen molar-refractivity contribution in [2.75, 3.05) is 13.1 Å². The van der Waals surface area contributed by atoms with Gasteiger partial charge < -0.3 is 0 Å². The smallest absolute Gasteiger partial charge is 0.126 e. The summed E-state index contributed by atoms with van der Waals surface area (Å²) in [5.41, 5.74) is 4.00. The zero-order valence-corrected chi connectivity index (χ0v) is 15.4. The highest BCUT2D eigenvalue weighted by Crippen LogP contribution is 2.27. The number of rotatable bonds is 5. The average molecular weight is 361 g/mol. The number of likely N-dealkylation sites (tertiary alicyclic amines) is 1. The lowest BCUT2D eigenvalue weighted by Gasteiger charge is -2.32. The molecule has 4 heteroatoms. The molecule has 1 atom stereocenters. The maximum Gasteiger partial charge on any atom is 0.126 e. The SMILES string of the molecule is Fc1ccccc1Cc1cccc([C@@H]2CCCN(Cc3cccnc3)C2)n1. The Morgan fingerprint density at radius 1 is 1.04 bits per heavy atom. The maximum absolute atomic E-state index is 13.9. The molecule has 1 aromatic carbocycles. The monoisotopic (exact) mass is 361 g/mol. The van der Waals surface area contributed by atoms with Gasteiger partial charge in [-0.2, -0.15) is 0 Å². The summed E-state index contributed by atoms with van der Waals surface area (Å²) in [5, 5.41) is 0. The zero-order chi connectivity index (χ0) is 18.5. The van der Waals surface area contributed by atoms with Gasteiger partial charge in [-0.25, -0.2) is 4.39 Å². The lowest BCUT2D eigenvalue weighted by molar-refractivity contribution is 0.198. The van der Waals surface area contributed by atoms with Crippen LogP contribution in [0.2, 0.25) is 0 Å². The molecule has 0 amide bonds. The second-order valence-corrected chi connectivity index (χ2v) is 7.26. The largest absolute Gasteiger partial charge is 0.298 e. The molecule has 3 nitrogen and oxygen atoms in total. The number of pyridine rings is 2. The van der Waals surface area contributed by atoms with Crippen LogP contribution in [-0.2, 0) is 13.0 Å². The fraction of sp³-hybridized carbons (Fsp3) is 0.304. The van der Waals surface area contributed by atoms with Gasteiger partial charge in [-0.3, -0.25) is 14.9 Å². The minimum Gasteiger partial charge on any atom is -0.298 e. The highest BCUT2D eigenvalue weighted by atomic mass is 19.1. The molecule has 0 aliphatic carbocycles. The van der Waals surface area contributed by atoms with E-state index in [1.165, 1.54) is 18.1 Å². The fourth-order valence-corrected chi connectivity index (χ4v) is 3.85. The van der Waals surface area contributed by atoms with E-state index in [0.29, 0.717) is 17.9 Å². The van der Waals surface area contributed by atoms with Crippen molar-refractivity contribution in [1.29, 1.82) is 0 Å². The van der Waals surface area contributed by atoms with Crippen LogP contribution in [0.3, 0.4) is 0 Å². The number of piperidine rings is 1. The van der Waals surface area contributed by atoms with E-state index < -0.39 is 0 Å². The zero-order valence-electron chi connectivity index (χ0n) is 15.4. The Kier molecular flexibility index (Phi) is 5.54. The van der Waals surface area contributed by atoms with Crippen molar-refractivity contribution in [3.8, 4) is 0 Å². The molecule has 0 bridgehead atoms. The summed E-state index contributed by atoms with van der Waals surface area (Å²) in [5.74, 6) is 0.265. The molecular weight excluding hydrogens is 337 g/mol. The highest BCUT2D eigenvalue weighted by Gasteiger charge is 2.22. The van der Waals surface area contributed by atoms with Crippen LogP contribution in [0.5, 0.6) is 0 Å². The van der Waals surface area contributed by atoms with Gasteiger partial charge in [0, 0.05) is 49.2 Å². The summed E-state index contributed by atoms with van der Waals surface area (Å²) < 4.78 is 13.9. The summed E-state index contributed by atoms with van der Waals surface area (Å²) in [6, 6.07) is 17.2. The van der Waals surface area contributed by atoms with Crippen molar-refractivity contribution in [3.63, 3.8) is 0 Å². The molecule has 0 N–H and O–H groups in total. The summed E-state index contributed by atoms with van der Waals surface area (Å²) in [6.07, 6.45) is 6.61. The molecule has 0 radical (unpaired) electrons. The molecule has 2 aromatic heterocycles. The third kappa shape index (κ3) is 4.58.